The summed E-state index contributed by atoms with van der Waals surface area (Å²) >= 11 is 0. The van der Waals surface area contributed by atoms with Crippen LogP contribution >= 0.6 is 0 Å². The summed E-state index contributed by atoms with van der Waals surface area (Å²) in [6, 6.07) is 4.33. The molecule has 0 amide bonds. The minimum Gasteiger partial charge on any atom is -0.377 e. The van der Waals surface area contributed by atoms with E-state index in [1.165, 1.54) is 0 Å². The molecule has 1 aliphatic heterocycles. The molecule has 5 nitrogen and oxygen atoms in total. The number of rotatable bonds is 3. The number of anilines is 1. The van der Waals surface area contributed by atoms with E-state index in [0.29, 0.717) is 6.04 Å². The van der Waals surface area contributed by atoms with E-state index in [0.717, 1.165) is 30.4 Å². The molecule has 0 radical (unpaired) electrons. The molecule has 2 unspecified atom stereocenters. The molecule has 100 valence electrons. The molecule has 19 heavy (non-hydrogen) atoms. The van der Waals surface area contributed by atoms with Crippen molar-refractivity contribution in [2.45, 2.75) is 32.4 Å². The summed E-state index contributed by atoms with van der Waals surface area (Å²) < 4.78 is 7.58. The van der Waals surface area contributed by atoms with Crippen molar-refractivity contribution in [3.8, 4) is 5.82 Å². The van der Waals surface area contributed by atoms with Gasteiger partial charge in [0.05, 0.1) is 17.8 Å². The minimum absolute atomic E-state index is 0.233. The molecule has 5 heteroatoms. The van der Waals surface area contributed by atoms with Crippen molar-refractivity contribution in [2.24, 2.45) is 0 Å². The van der Waals surface area contributed by atoms with Crippen molar-refractivity contribution in [3.05, 3.63) is 36.5 Å². The zero-order valence-electron chi connectivity index (χ0n) is 11.2. The van der Waals surface area contributed by atoms with Crippen molar-refractivity contribution in [1.29, 1.82) is 0 Å². The summed E-state index contributed by atoms with van der Waals surface area (Å²) in [7, 11) is 0. The Balaban J connectivity index is 1.92. The first-order valence-electron chi connectivity index (χ1n) is 6.59. The second-order valence-corrected chi connectivity index (χ2v) is 4.83. The number of nitrogens with zero attached hydrogens (tertiary/aromatic N) is 3. The smallest absolute Gasteiger partial charge is 0.161 e. The van der Waals surface area contributed by atoms with E-state index in [1.807, 2.05) is 29.8 Å². The van der Waals surface area contributed by atoms with Gasteiger partial charge in [-0.05, 0) is 32.4 Å². The molecular weight excluding hydrogens is 240 g/mol. The first-order chi connectivity index (χ1) is 9.25. The molecule has 1 N–H and O–H groups in total. The van der Waals surface area contributed by atoms with Gasteiger partial charge >= 0.3 is 0 Å². The second-order valence-electron chi connectivity index (χ2n) is 4.83. The van der Waals surface area contributed by atoms with Crippen LogP contribution in [0.5, 0.6) is 0 Å². The maximum absolute atomic E-state index is 5.59. The van der Waals surface area contributed by atoms with Crippen LogP contribution in [0.2, 0.25) is 0 Å². The largest absolute Gasteiger partial charge is 0.377 e. The van der Waals surface area contributed by atoms with Crippen molar-refractivity contribution < 1.29 is 4.74 Å². The van der Waals surface area contributed by atoms with Crippen LogP contribution in [-0.2, 0) is 4.74 Å². The van der Waals surface area contributed by atoms with Crippen LogP contribution in [0.15, 0.2) is 30.7 Å². The number of aryl methyl sites for hydroxylation is 1. The Kier molecular flexibility index (Phi) is 3.21. The van der Waals surface area contributed by atoms with Crippen LogP contribution < -0.4 is 5.32 Å². The molecule has 2 atom stereocenters. The molecule has 2 aromatic heterocycles. The maximum Gasteiger partial charge on any atom is 0.161 e. The fourth-order valence-corrected chi connectivity index (χ4v) is 2.42. The number of hydrogen-bond donors (Lipinski definition) is 1. The molecular formula is C14H18N4O. The van der Waals surface area contributed by atoms with Gasteiger partial charge in [0.1, 0.15) is 5.82 Å². The maximum atomic E-state index is 5.59. The Labute approximate surface area is 112 Å². The SMILES string of the molecule is Cc1nccn1-c1ncccc1NC1CCOC1C. The molecule has 3 rings (SSSR count). The number of imidazole rings is 1. The topological polar surface area (TPSA) is 52.0 Å². The van der Waals surface area contributed by atoms with Crippen LogP contribution in [0.1, 0.15) is 19.2 Å². The standard InChI is InChI=1S/C14H18N4O/c1-10-12(5-9-19-10)17-13-4-3-6-16-14(13)18-8-7-15-11(18)2/h3-4,6-8,10,12,17H,5,9H2,1-2H3. The van der Waals surface area contributed by atoms with Crippen molar-refractivity contribution in [3.63, 3.8) is 0 Å². The average Bonchev–Trinajstić information content (AvgIpc) is 3.00. The highest BCUT2D eigenvalue weighted by Gasteiger charge is 2.25. The zero-order chi connectivity index (χ0) is 13.2. The second kappa shape index (κ2) is 5.01. The monoisotopic (exact) mass is 258 g/mol. The van der Waals surface area contributed by atoms with E-state index in [1.54, 1.807) is 12.4 Å². The van der Waals surface area contributed by atoms with Crippen LogP contribution in [0.3, 0.4) is 0 Å². The van der Waals surface area contributed by atoms with Gasteiger partial charge in [0.15, 0.2) is 5.82 Å². The van der Waals surface area contributed by atoms with Gasteiger partial charge in [-0.25, -0.2) is 9.97 Å². The molecule has 0 bridgehead atoms. The summed E-state index contributed by atoms with van der Waals surface area (Å²) in [5.74, 6) is 1.81. The van der Waals surface area contributed by atoms with E-state index >= 15 is 0 Å². The van der Waals surface area contributed by atoms with E-state index in [-0.39, 0.29) is 6.10 Å². The highest BCUT2D eigenvalue weighted by Crippen LogP contribution is 2.23. The van der Waals surface area contributed by atoms with E-state index in [9.17, 15) is 0 Å². The van der Waals surface area contributed by atoms with Crippen molar-refractivity contribution in [1.82, 2.24) is 14.5 Å². The number of pyridine rings is 1. The van der Waals surface area contributed by atoms with Gasteiger partial charge < -0.3 is 10.1 Å². The van der Waals surface area contributed by atoms with Gasteiger partial charge in [0.2, 0.25) is 0 Å². The molecule has 3 heterocycles. The lowest BCUT2D eigenvalue weighted by molar-refractivity contribution is 0.121. The summed E-state index contributed by atoms with van der Waals surface area (Å²) in [5, 5.41) is 3.54. The van der Waals surface area contributed by atoms with Crippen molar-refractivity contribution in [2.75, 3.05) is 11.9 Å². The third-order valence-corrected chi connectivity index (χ3v) is 3.56. The van der Waals surface area contributed by atoms with Crippen LogP contribution in [0.4, 0.5) is 5.69 Å². The summed E-state index contributed by atoms with van der Waals surface area (Å²) in [4.78, 5) is 8.72. The molecule has 1 fully saturated rings. The van der Waals surface area contributed by atoms with Gasteiger partial charge in [0.25, 0.3) is 0 Å². The number of hydrogen-bond acceptors (Lipinski definition) is 4. The predicted octanol–water partition coefficient (Wildman–Crippen LogP) is 2.17. The lowest BCUT2D eigenvalue weighted by atomic mass is 10.1. The fourth-order valence-electron chi connectivity index (χ4n) is 2.42. The first-order valence-corrected chi connectivity index (χ1v) is 6.59. The Hall–Kier alpha value is -1.88. The zero-order valence-corrected chi connectivity index (χ0v) is 11.2. The van der Waals surface area contributed by atoms with E-state index in [4.69, 9.17) is 4.74 Å². The molecule has 0 saturated carbocycles. The molecule has 0 spiro atoms. The average molecular weight is 258 g/mol. The molecule has 1 saturated heterocycles. The Bertz CT molecular complexity index is 566. The highest BCUT2D eigenvalue weighted by atomic mass is 16.5. The van der Waals surface area contributed by atoms with Crippen LogP contribution in [0.25, 0.3) is 5.82 Å². The predicted molar refractivity (Wildman–Crippen MR) is 73.5 cm³/mol. The Morgan fingerprint density at radius 1 is 1.37 bits per heavy atom. The lowest BCUT2D eigenvalue weighted by Crippen LogP contribution is -2.27. The Morgan fingerprint density at radius 3 is 2.95 bits per heavy atom. The summed E-state index contributed by atoms with van der Waals surface area (Å²) in [6.45, 7) is 4.89. The minimum atomic E-state index is 0.233. The van der Waals surface area contributed by atoms with Gasteiger partial charge in [0, 0.05) is 25.2 Å². The molecule has 0 aromatic carbocycles. The van der Waals surface area contributed by atoms with Gasteiger partial charge in [-0.15, -0.1) is 0 Å². The van der Waals surface area contributed by atoms with Crippen molar-refractivity contribution >= 4 is 5.69 Å². The van der Waals surface area contributed by atoms with Gasteiger partial charge in [-0.1, -0.05) is 0 Å². The third-order valence-electron chi connectivity index (χ3n) is 3.56. The van der Waals surface area contributed by atoms with Crippen LogP contribution in [-0.4, -0.2) is 33.3 Å². The molecule has 2 aromatic rings. The van der Waals surface area contributed by atoms with Gasteiger partial charge in [-0.2, -0.15) is 0 Å². The lowest BCUT2D eigenvalue weighted by Gasteiger charge is -2.19. The number of nitrogens with one attached hydrogen (secondary N) is 1. The van der Waals surface area contributed by atoms with Crippen LogP contribution in [0, 0.1) is 6.92 Å². The molecule has 0 aliphatic carbocycles. The summed E-state index contributed by atoms with van der Waals surface area (Å²) in [6.07, 6.45) is 6.77. The number of aromatic nitrogens is 3. The quantitative estimate of drug-likeness (QED) is 0.916. The van der Waals surface area contributed by atoms with E-state index in [2.05, 4.69) is 22.2 Å². The highest BCUT2D eigenvalue weighted by molar-refractivity contribution is 5.57. The fraction of sp³-hybridized carbons (Fsp3) is 0.429. The normalized spacial score (nSPS) is 22.6. The summed E-state index contributed by atoms with van der Waals surface area (Å²) in [5.41, 5.74) is 1.02. The van der Waals surface area contributed by atoms with E-state index < -0.39 is 0 Å². The first kappa shape index (κ1) is 12.2. The van der Waals surface area contributed by atoms with Gasteiger partial charge in [-0.3, -0.25) is 4.57 Å². The molecule has 1 aliphatic rings. The number of ether oxygens (including phenoxy) is 1. The third kappa shape index (κ3) is 2.33. The Morgan fingerprint density at radius 2 is 2.26 bits per heavy atom.